The van der Waals surface area contributed by atoms with Crippen molar-refractivity contribution in [1.82, 2.24) is 5.32 Å². The molecule has 0 aromatic carbocycles. The number of amides is 1. The summed E-state index contributed by atoms with van der Waals surface area (Å²) >= 11 is 1.41. The molecular formula is C50H97NO6S. The summed E-state index contributed by atoms with van der Waals surface area (Å²) in [5.74, 6) is -0.753. The van der Waals surface area contributed by atoms with Crippen molar-refractivity contribution in [3.05, 3.63) is 0 Å². The molecular weight excluding hydrogens is 743 g/mol. The van der Waals surface area contributed by atoms with Gasteiger partial charge in [0.2, 0.25) is 5.91 Å². The zero-order chi connectivity index (χ0) is 42.4. The van der Waals surface area contributed by atoms with Gasteiger partial charge in [-0.3, -0.25) is 9.59 Å². The minimum atomic E-state index is -1.03. The first kappa shape index (κ1) is 56.7. The van der Waals surface area contributed by atoms with Crippen LogP contribution in [0.2, 0.25) is 0 Å². The third-order valence-corrected chi connectivity index (χ3v) is 12.6. The Kier molecular flexibility index (Phi) is 45.7. The third-order valence-electron chi connectivity index (χ3n) is 11.5. The van der Waals surface area contributed by atoms with E-state index in [1.54, 1.807) is 0 Å². The Bertz CT molecular complexity index is 888. The molecule has 0 aliphatic carbocycles. The van der Waals surface area contributed by atoms with Gasteiger partial charge in [-0.2, -0.15) is 11.8 Å². The number of thioether (sulfide) groups is 1. The summed E-state index contributed by atoms with van der Waals surface area (Å²) in [5, 5.41) is 12.6. The molecule has 0 aromatic heterocycles. The Labute approximate surface area is 364 Å². The molecule has 0 heterocycles. The molecule has 1 unspecified atom stereocenters. The minimum absolute atomic E-state index is 0.198. The summed E-state index contributed by atoms with van der Waals surface area (Å²) in [4.78, 5) is 37.5. The minimum Gasteiger partial charge on any atom is -0.480 e. The number of esters is 1. The zero-order valence-electron chi connectivity index (χ0n) is 38.7. The number of hydrogen-bond acceptors (Lipinski definition) is 6. The van der Waals surface area contributed by atoms with E-state index >= 15 is 0 Å². The molecule has 0 spiro atoms. The topological polar surface area (TPSA) is 102 Å². The molecule has 7 nitrogen and oxygen atoms in total. The van der Waals surface area contributed by atoms with Crippen molar-refractivity contribution in [3.63, 3.8) is 0 Å². The summed E-state index contributed by atoms with van der Waals surface area (Å²) in [7, 11) is 0. The number of aliphatic carboxylic acids is 1. The maximum absolute atomic E-state index is 12.8. The highest BCUT2D eigenvalue weighted by molar-refractivity contribution is 7.99. The molecule has 0 saturated carbocycles. The number of ether oxygens (including phenoxy) is 2. The van der Waals surface area contributed by atoms with Crippen molar-refractivity contribution in [2.24, 2.45) is 0 Å². The smallest absolute Gasteiger partial charge is 0.327 e. The highest BCUT2D eigenvalue weighted by Gasteiger charge is 2.22. The largest absolute Gasteiger partial charge is 0.480 e. The molecule has 0 aliphatic rings. The Morgan fingerprint density at radius 1 is 0.466 bits per heavy atom. The van der Waals surface area contributed by atoms with Crippen LogP contribution in [0.15, 0.2) is 0 Å². The molecule has 1 amide bonds. The predicted octanol–water partition coefficient (Wildman–Crippen LogP) is 15.1. The molecule has 0 aliphatic heterocycles. The Hall–Kier alpha value is -1.28. The van der Waals surface area contributed by atoms with E-state index < -0.39 is 18.1 Å². The van der Waals surface area contributed by atoms with Crippen LogP contribution in [0.1, 0.15) is 265 Å². The first-order valence-corrected chi connectivity index (χ1v) is 26.5. The van der Waals surface area contributed by atoms with Crippen molar-refractivity contribution in [2.45, 2.75) is 277 Å². The van der Waals surface area contributed by atoms with Crippen molar-refractivity contribution < 1.29 is 29.0 Å². The van der Waals surface area contributed by atoms with E-state index in [0.717, 1.165) is 51.4 Å². The van der Waals surface area contributed by atoms with Gasteiger partial charge in [0.25, 0.3) is 0 Å². The molecule has 0 rings (SSSR count). The normalized spacial score (nSPS) is 12.5. The highest BCUT2D eigenvalue weighted by atomic mass is 32.2. The van der Waals surface area contributed by atoms with Crippen LogP contribution in [0, 0.1) is 0 Å². The van der Waals surface area contributed by atoms with E-state index in [9.17, 15) is 19.5 Å². The van der Waals surface area contributed by atoms with Crippen LogP contribution in [0.25, 0.3) is 0 Å². The fourth-order valence-corrected chi connectivity index (χ4v) is 8.64. The monoisotopic (exact) mass is 840 g/mol. The first-order chi connectivity index (χ1) is 28.4. The van der Waals surface area contributed by atoms with Gasteiger partial charge in [0, 0.05) is 31.0 Å². The second-order valence-electron chi connectivity index (χ2n) is 17.3. The van der Waals surface area contributed by atoms with E-state index in [1.807, 2.05) is 0 Å². The van der Waals surface area contributed by atoms with Gasteiger partial charge in [0.1, 0.15) is 12.1 Å². The zero-order valence-corrected chi connectivity index (χ0v) is 39.6. The molecule has 0 bridgehead atoms. The van der Waals surface area contributed by atoms with E-state index in [1.165, 1.54) is 192 Å². The van der Waals surface area contributed by atoms with Crippen LogP contribution in [-0.2, 0) is 23.9 Å². The number of carbonyl (C=O) groups is 3. The molecule has 2 atom stereocenters. The van der Waals surface area contributed by atoms with Crippen LogP contribution < -0.4 is 5.32 Å². The fraction of sp³-hybridized carbons (Fsp3) is 0.940. The Morgan fingerprint density at radius 2 is 0.810 bits per heavy atom. The lowest BCUT2D eigenvalue weighted by molar-refractivity contribution is -0.151. The lowest BCUT2D eigenvalue weighted by atomic mass is 10.0. The average molecular weight is 840 g/mol. The highest BCUT2D eigenvalue weighted by Crippen LogP contribution is 2.17. The molecule has 0 radical (unpaired) electrons. The van der Waals surface area contributed by atoms with Crippen LogP contribution >= 0.6 is 11.8 Å². The van der Waals surface area contributed by atoms with Gasteiger partial charge in [-0.15, -0.1) is 0 Å². The molecule has 0 saturated heterocycles. The lowest BCUT2D eigenvalue weighted by Gasteiger charge is -2.20. The van der Waals surface area contributed by atoms with E-state index in [4.69, 9.17) is 9.47 Å². The Balaban J connectivity index is 4.43. The van der Waals surface area contributed by atoms with Gasteiger partial charge in [-0.1, -0.05) is 233 Å². The van der Waals surface area contributed by atoms with Crippen LogP contribution in [-0.4, -0.2) is 59.8 Å². The maximum atomic E-state index is 12.8. The summed E-state index contributed by atoms with van der Waals surface area (Å²) in [6.45, 7) is 7.73. The lowest BCUT2D eigenvalue weighted by Crippen LogP contribution is -2.42. The number of hydrogen-bond donors (Lipinski definition) is 2. The van der Waals surface area contributed by atoms with Gasteiger partial charge >= 0.3 is 11.9 Å². The molecule has 58 heavy (non-hydrogen) atoms. The van der Waals surface area contributed by atoms with Crippen LogP contribution in [0.5, 0.6) is 0 Å². The summed E-state index contributed by atoms with van der Waals surface area (Å²) < 4.78 is 11.9. The van der Waals surface area contributed by atoms with E-state index in [0.29, 0.717) is 31.8 Å². The Morgan fingerprint density at radius 3 is 1.19 bits per heavy atom. The van der Waals surface area contributed by atoms with Gasteiger partial charge in [-0.05, 0) is 19.3 Å². The van der Waals surface area contributed by atoms with Gasteiger partial charge in [0.15, 0.2) is 0 Å². The SMILES string of the molecule is CCCCCCCCCCCCCCCCOC[C@H](CSCC(NC(=O)CCCCCCCCCCCCCCC)C(=O)O)OC(=O)CCCCCCCCCCC. The molecule has 0 aromatic rings. The van der Waals surface area contributed by atoms with Crippen molar-refractivity contribution in [3.8, 4) is 0 Å². The summed E-state index contributed by atoms with van der Waals surface area (Å²) in [5.41, 5.74) is 0. The second kappa shape index (κ2) is 46.8. The molecule has 8 heteroatoms. The number of carboxylic acid groups (broad SMARTS) is 1. The quantitative estimate of drug-likeness (QED) is 0.0465. The fourth-order valence-electron chi connectivity index (χ4n) is 7.62. The van der Waals surface area contributed by atoms with Crippen molar-refractivity contribution >= 4 is 29.6 Å². The second-order valence-corrected chi connectivity index (χ2v) is 18.4. The van der Waals surface area contributed by atoms with E-state index in [2.05, 4.69) is 26.1 Å². The van der Waals surface area contributed by atoms with Gasteiger partial charge < -0.3 is 19.9 Å². The molecule has 0 fully saturated rings. The summed E-state index contributed by atoms with van der Waals surface area (Å²) in [6, 6.07) is -0.964. The third kappa shape index (κ3) is 42.8. The summed E-state index contributed by atoms with van der Waals surface area (Å²) in [6.07, 6.45) is 45.6. The molecule has 344 valence electrons. The molecule has 2 N–H and O–H groups in total. The van der Waals surface area contributed by atoms with Crippen molar-refractivity contribution in [1.29, 1.82) is 0 Å². The van der Waals surface area contributed by atoms with Crippen LogP contribution in [0.3, 0.4) is 0 Å². The van der Waals surface area contributed by atoms with Crippen LogP contribution in [0.4, 0.5) is 0 Å². The number of carbonyl (C=O) groups excluding carboxylic acids is 2. The van der Waals surface area contributed by atoms with Gasteiger partial charge in [-0.25, -0.2) is 4.79 Å². The number of unbranched alkanes of at least 4 members (excludes halogenated alkanes) is 33. The standard InChI is InChI=1S/C50H97NO6S/c1-4-7-10-13-16-19-21-23-25-27-30-33-36-39-42-56-43-46(57-49(53)41-38-35-32-28-18-15-12-9-6-3)44-58-45-47(50(54)55)51-48(52)40-37-34-31-29-26-24-22-20-17-14-11-8-5-2/h46-47H,4-45H2,1-3H3,(H,51,52)(H,54,55)/t46-,47?/m1/s1. The average Bonchev–Trinajstić information content (AvgIpc) is 3.21. The van der Waals surface area contributed by atoms with Crippen molar-refractivity contribution in [2.75, 3.05) is 24.7 Å². The number of carboxylic acids is 1. The number of rotatable bonds is 48. The van der Waals surface area contributed by atoms with Gasteiger partial charge in [0.05, 0.1) is 6.61 Å². The first-order valence-electron chi connectivity index (χ1n) is 25.3. The maximum Gasteiger partial charge on any atom is 0.327 e. The predicted molar refractivity (Wildman–Crippen MR) is 250 cm³/mol. The van der Waals surface area contributed by atoms with E-state index in [-0.39, 0.29) is 17.6 Å². The number of nitrogens with one attached hydrogen (secondary N) is 1.